The Kier molecular flexibility index (Phi) is 3.11. The number of benzene rings is 1. The van der Waals surface area contributed by atoms with E-state index in [1.807, 2.05) is 6.92 Å². The van der Waals surface area contributed by atoms with E-state index in [4.69, 9.17) is 5.11 Å². The van der Waals surface area contributed by atoms with Crippen LogP contribution in [0.3, 0.4) is 0 Å². The number of hydrogen-bond acceptors (Lipinski definition) is 3. The molecule has 0 saturated heterocycles. The van der Waals surface area contributed by atoms with E-state index in [0.29, 0.717) is 18.4 Å². The minimum atomic E-state index is -3.68. The monoisotopic (exact) mass is 258 g/mol. The molecule has 6 heteroatoms. The Bertz CT molecular complexity index is 473. The van der Waals surface area contributed by atoms with Crippen molar-refractivity contribution in [2.45, 2.75) is 32.0 Å². The maximum absolute atomic E-state index is 12.8. The number of carboxylic acid groups (broad SMARTS) is 1. The van der Waals surface area contributed by atoms with Crippen molar-refractivity contribution >= 4 is 5.97 Å². The first kappa shape index (κ1) is 12.6. The first-order valence-corrected chi connectivity index (χ1v) is 5.55. The van der Waals surface area contributed by atoms with Crippen molar-refractivity contribution in [3.05, 3.63) is 23.8 Å². The Balaban J connectivity index is 2.30. The maximum atomic E-state index is 12.8. The van der Waals surface area contributed by atoms with Crippen molar-refractivity contribution in [1.29, 1.82) is 0 Å². The standard InChI is InChI=1S/C12H12F2O4/c1-2-3-8(11(15)16)7-4-5-9-10(6-7)18-12(13,14)17-9/h4-6,8H,2-3H2,1H3,(H,15,16). The second-order valence-corrected chi connectivity index (χ2v) is 4.05. The summed E-state index contributed by atoms with van der Waals surface area (Å²) in [6, 6.07) is 4.07. The van der Waals surface area contributed by atoms with Crippen molar-refractivity contribution in [1.82, 2.24) is 0 Å². The SMILES string of the molecule is CCCC(C(=O)O)c1ccc2c(c1)OC(F)(F)O2. The number of aliphatic carboxylic acids is 1. The largest absolute Gasteiger partial charge is 0.586 e. The van der Waals surface area contributed by atoms with Crippen molar-refractivity contribution in [3.63, 3.8) is 0 Å². The molecule has 18 heavy (non-hydrogen) atoms. The molecule has 0 amide bonds. The van der Waals surface area contributed by atoms with Crippen molar-refractivity contribution in [2.24, 2.45) is 0 Å². The van der Waals surface area contributed by atoms with E-state index >= 15 is 0 Å². The summed E-state index contributed by atoms with van der Waals surface area (Å²) in [5.41, 5.74) is 0.435. The Morgan fingerprint density at radius 2 is 2.06 bits per heavy atom. The van der Waals surface area contributed by atoms with E-state index in [2.05, 4.69) is 9.47 Å². The van der Waals surface area contributed by atoms with Crippen LogP contribution in [0.1, 0.15) is 31.2 Å². The number of alkyl halides is 2. The van der Waals surface area contributed by atoms with Crippen LogP contribution in [0, 0.1) is 0 Å². The second kappa shape index (κ2) is 4.44. The van der Waals surface area contributed by atoms with E-state index in [9.17, 15) is 13.6 Å². The molecule has 4 nitrogen and oxygen atoms in total. The van der Waals surface area contributed by atoms with Crippen molar-refractivity contribution in [2.75, 3.05) is 0 Å². The maximum Gasteiger partial charge on any atom is 0.586 e. The third-order valence-corrected chi connectivity index (χ3v) is 2.70. The van der Waals surface area contributed by atoms with Gasteiger partial charge in [-0.05, 0) is 24.1 Å². The normalized spacial score (nSPS) is 17.5. The van der Waals surface area contributed by atoms with Crippen LogP contribution < -0.4 is 9.47 Å². The van der Waals surface area contributed by atoms with Gasteiger partial charge in [0.25, 0.3) is 0 Å². The van der Waals surface area contributed by atoms with Gasteiger partial charge in [0.1, 0.15) is 0 Å². The van der Waals surface area contributed by atoms with Crippen molar-refractivity contribution < 1.29 is 28.2 Å². The molecule has 1 aromatic carbocycles. The number of carbonyl (C=O) groups is 1. The fraction of sp³-hybridized carbons (Fsp3) is 0.417. The van der Waals surface area contributed by atoms with Gasteiger partial charge in [0.15, 0.2) is 11.5 Å². The van der Waals surface area contributed by atoms with Gasteiger partial charge in [-0.2, -0.15) is 0 Å². The van der Waals surface area contributed by atoms with Crippen LogP contribution in [-0.2, 0) is 4.79 Å². The fourth-order valence-corrected chi connectivity index (χ4v) is 1.90. The number of fused-ring (bicyclic) bond motifs is 1. The molecule has 0 spiro atoms. The summed E-state index contributed by atoms with van der Waals surface area (Å²) >= 11 is 0. The third-order valence-electron chi connectivity index (χ3n) is 2.70. The molecule has 0 aliphatic carbocycles. The molecule has 1 aromatic rings. The summed E-state index contributed by atoms with van der Waals surface area (Å²) in [4.78, 5) is 11.1. The van der Waals surface area contributed by atoms with Crippen LogP contribution in [0.4, 0.5) is 8.78 Å². The molecule has 0 radical (unpaired) electrons. The predicted octanol–water partition coefficient (Wildman–Crippen LogP) is 2.98. The molecule has 0 saturated carbocycles. The molecule has 1 N–H and O–H groups in total. The molecular formula is C12H12F2O4. The summed E-state index contributed by atoms with van der Waals surface area (Å²) in [6.45, 7) is 1.86. The zero-order valence-corrected chi connectivity index (χ0v) is 9.65. The average molecular weight is 258 g/mol. The van der Waals surface area contributed by atoms with E-state index in [1.165, 1.54) is 18.2 Å². The number of hydrogen-bond donors (Lipinski definition) is 1. The molecule has 1 aliphatic rings. The van der Waals surface area contributed by atoms with Crippen LogP contribution in [-0.4, -0.2) is 17.4 Å². The number of rotatable bonds is 4. The molecule has 1 heterocycles. The van der Waals surface area contributed by atoms with Gasteiger partial charge in [-0.1, -0.05) is 19.4 Å². The number of halogens is 2. The van der Waals surface area contributed by atoms with E-state index < -0.39 is 18.2 Å². The first-order valence-electron chi connectivity index (χ1n) is 5.55. The fourth-order valence-electron chi connectivity index (χ4n) is 1.90. The molecule has 1 aliphatic heterocycles. The quantitative estimate of drug-likeness (QED) is 0.902. The average Bonchev–Trinajstić information content (AvgIpc) is 2.58. The number of ether oxygens (including phenoxy) is 2. The summed E-state index contributed by atoms with van der Waals surface area (Å²) in [5.74, 6) is -1.91. The first-order chi connectivity index (χ1) is 8.43. The second-order valence-electron chi connectivity index (χ2n) is 4.05. The van der Waals surface area contributed by atoms with Crippen LogP contribution in [0.15, 0.2) is 18.2 Å². The van der Waals surface area contributed by atoms with Gasteiger partial charge in [0.2, 0.25) is 0 Å². The van der Waals surface area contributed by atoms with E-state index in [1.54, 1.807) is 0 Å². The van der Waals surface area contributed by atoms with Gasteiger partial charge in [-0.3, -0.25) is 4.79 Å². The summed E-state index contributed by atoms with van der Waals surface area (Å²) in [7, 11) is 0. The van der Waals surface area contributed by atoms with Crippen LogP contribution in [0.5, 0.6) is 11.5 Å². The molecule has 0 aromatic heterocycles. The lowest BCUT2D eigenvalue weighted by molar-refractivity contribution is -0.286. The van der Waals surface area contributed by atoms with E-state index in [0.717, 1.165) is 0 Å². The number of carboxylic acids is 1. The highest BCUT2D eigenvalue weighted by Gasteiger charge is 2.43. The van der Waals surface area contributed by atoms with Gasteiger partial charge >= 0.3 is 12.3 Å². The molecule has 0 bridgehead atoms. The van der Waals surface area contributed by atoms with E-state index in [-0.39, 0.29) is 11.5 Å². The summed E-state index contributed by atoms with van der Waals surface area (Å²) < 4.78 is 34.2. The zero-order chi connectivity index (χ0) is 13.3. The summed E-state index contributed by atoms with van der Waals surface area (Å²) in [5, 5.41) is 9.09. The minimum Gasteiger partial charge on any atom is -0.481 e. The van der Waals surface area contributed by atoms with Gasteiger partial charge < -0.3 is 14.6 Å². The third kappa shape index (κ3) is 2.37. The van der Waals surface area contributed by atoms with Crippen LogP contribution in [0.2, 0.25) is 0 Å². The Labute approximate surface area is 102 Å². The smallest absolute Gasteiger partial charge is 0.481 e. The Morgan fingerprint density at radius 3 is 2.67 bits per heavy atom. The van der Waals surface area contributed by atoms with Gasteiger partial charge in [0, 0.05) is 0 Å². The predicted molar refractivity (Wildman–Crippen MR) is 57.9 cm³/mol. The van der Waals surface area contributed by atoms with Gasteiger partial charge in [0.05, 0.1) is 5.92 Å². The highest BCUT2D eigenvalue weighted by Crippen LogP contribution is 2.42. The lowest BCUT2D eigenvalue weighted by Gasteiger charge is -2.11. The Hall–Kier alpha value is -1.85. The zero-order valence-electron chi connectivity index (χ0n) is 9.65. The summed E-state index contributed by atoms with van der Waals surface area (Å²) in [6.07, 6.45) is -2.56. The topological polar surface area (TPSA) is 55.8 Å². The lowest BCUT2D eigenvalue weighted by atomic mass is 9.94. The molecule has 0 fully saturated rings. The molecule has 1 unspecified atom stereocenters. The van der Waals surface area contributed by atoms with Gasteiger partial charge in [-0.15, -0.1) is 8.78 Å². The minimum absolute atomic E-state index is 0.0793. The van der Waals surface area contributed by atoms with Crippen LogP contribution >= 0.6 is 0 Å². The van der Waals surface area contributed by atoms with Crippen LogP contribution in [0.25, 0.3) is 0 Å². The Morgan fingerprint density at radius 1 is 1.39 bits per heavy atom. The molecule has 1 atom stereocenters. The highest BCUT2D eigenvalue weighted by atomic mass is 19.3. The van der Waals surface area contributed by atoms with Crippen molar-refractivity contribution in [3.8, 4) is 11.5 Å². The van der Waals surface area contributed by atoms with Gasteiger partial charge in [-0.25, -0.2) is 0 Å². The highest BCUT2D eigenvalue weighted by molar-refractivity contribution is 5.76. The molecular weight excluding hydrogens is 246 g/mol. The lowest BCUT2D eigenvalue weighted by Crippen LogP contribution is -2.25. The molecule has 2 rings (SSSR count). The molecule has 98 valence electrons.